The van der Waals surface area contributed by atoms with Crippen LogP contribution < -0.4 is 0 Å². The minimum Gasteiger partial charge on any atom is -0.301 e. The van der Waals surface area contributed by atoms with Crippen LogP contribution in [0.25, 0.3) is 5.57 Å². The van der Waals surface area contributed by atoms with Gasteiger partial charge in [0.25, 0.3) is 0 Å². The molecule has 108 valence electrons. The van der Waals surface area contributed by atoms with Gasteiger partial charge in [-0.25, -0.2) is 0 Å². The standard InChI is InChI=1S/C17H25N3/c1-5-7-15(6-2)17-8-11-18-20(17)16-9-12-19(13-10-16)14(3)4/h5-8,11,14,16H,1-2,9-10,12-13H2,3-4H3. The quantitative estimate of drug-likeness (QED) is 0.762. The lowest BCUT2D eigenvalue weighted by atomic mass is 10.0. The van der Waals surface area contributed by atoms with Gasteiger partial charge in [0.05, 0.1) is 11.7 Å². The highest BCUT2D eigenvalue weighted by molar-refractivity contribution is 5.72. The Kier molecular flexibility index (Phi) is 4.96. The third-order valence-electron chi connectivity index (χ3n) is 4.06. The molecule has 3 nitrogen and oxygen atoms in total. The Bertz CT molecular complexity index is 488. The molecule has 2 rings (SSSR count). The van der Waals surface area contributed by atoms with Gasteiger partial charge in [0, 0.05) is 25.3 Å². The van der Waals surface area contributed by atoms with E-state index in [1.54, 1.807) is 6.08 Å². The van der Waals surface area contributed by atoms with Crippen molar-refractivity contribution < 1.29 is 0 Å². The zero-order valence-corrected chi connectivity index (χ0v) is 12.6. The van der Waals surface area contributed by atoms with Crippen LogP contribution in [-0.2, 0) is 0 Å². The number of allylic oxidation sites excluding steroid dienone is 4. The molecule has 2 heterocycles. The Labute approximate surface area is 122 Å². The van der Waals surface area contributed by atoms with Gasteiger partial charge in [0.15, 0.2) is 0 Å². The Morgan fingerprint density at radius 2 is 2.05 bits per heavy atom. The molecule has 1 aliphatic rings. The smallest absolute Gasteiger partial charge is 0.0685 e. The van der Waals surface area contributed by atoms with Gasteiger partial charge in [-0.05, 0) is 38.3 Å². The number of piperidine rings is 1. The summed E-state index contributed by atoms with van der Waals surface area (Å²) >= 11 is 0. The first-order chi connectivity index (χ1) is 9.67. The number of nitrogens with zero attached hydrogens (tertiary/aromatic N) is 3. The SMILES string of the molecule is C=CC=C(C=C)c1ccnn1C1CCN(C(C)C)CC1. The minimum atomic E-state index is 0.489. The fourth-order valence-electron chi connectivity index (χ4n) is 2.87. The highest BCUT2D eigenvalue weighted by Gasteiger charge is 2.24. The Morgan fingerprint density at radius 3 is 2.60 bits per heavy atom. The zero-order valence-electron chi connectivity index (χ0n) is 12.6. The highest BCUT2D eigenvalue weighted by atomic mass is 15.3. The fraction of sp³-hybridized carbons (Fsp3) is 0.471. The van der Waals surface area contributed by atoms with Crippen molar-refractivity contribution in [3.63, 3.8) is 0 Å². The molecule has 20 heavy (non-hydrogen) atoms. The van der Waals surface area contributed by atoms with Gasteiger partial charge >= 0.3 is 0 Å². The van der Waals surface area contributed by atoms with Crippen LogP contribution in [0.1, 0.15) is 38.4 Å². The van der Waals surface area contributed by atoms with Crippen molar-refractivity contribution in [2.75, 3.05) is 13.1 Å². The molecule has 0 N–H and O–H groups in total. The molecule has 0 atom stereocenters. The number of hydrogen-bond acceptors (Lipinski definition) is 2. The molecular weight excluding hydrogens is 246 g/mol. The van der Waals surface area contributed by atoms with Crippen molar-refractivity contribution in [1.82, 2.24) is 14.7 Å². The Balaban J connectivity index is 2.15. The maximum absolute atomic E-state index is 4.54. The minimum absolute atomic E-state index is 0.489. The molecule has 1 saturated heterocycles. The van der Waals surface area contributed by atoms with Crippen LogP contribution in [0.3, 0.4) is 0 Å². The lowest BCUT2D eigenvalue weighted by Gasteiger charge is -2.35. The van der Waals surface area contributed by atoms with Crippen LogP contribution in [0.15, 0.2) is 43.6 Å². The molecule has 0 saturated carbocycles. The van der Waals surface area contributed by atoms with Crippen LogP contribution in [-0.4, -0.2) is 33.8 Å². The first-order valence-corrected chi connectivity index (χ1v) is 7.40. The highest BCUT2D eigenvalue weighted by Crippen LogP contribution is 2.27. The molecular formula is C17H25N3. The van der Waals surface area contributed by atoms with Crippen LogP contribution in [0.2, 0.25) is 0 Å². The van der Waals surface area contributed by atoms with Gasteiger partial charge in [0.2, 0.25) is 0 Å². The third-order valence-corrected chi connectivity index (χ3v) is 4.06. The van der Waals surface area contributed by atoms with Gasteiger partial charge in [-0.1, -0.05) is 31.4 Å². The van der Waals surface area contributed by atoms with Crippen molar-refractivity contribution in [3.05, 3.63) is 49.3 Å². The van der Waals surface area contributed by atoms with E-state index in [9.17, 15) is 0 Å². The van der Waals surface area contributed by atoms with E-state index >= 15 is 0 Å². The summed E-state index contributed by atoms with van der Waals surface area (Å²) in [5.41, 5.74) is 2.23. The van der Waals surface area contributed by atoms with Crippen LogP contribution in [0.5, 0.6) is 0 Å². The number of aromatic nitrogens is 2. The number of hydrogen-bond donors (Lipinski definition) is 0. The Hall–Kier alpha value is -1.61. The van der Waals surface area contributed by atoms with E-state index < -0.39 is 0 Å². The second kappa shape index (κ2) is 6.71. The predicted octanol–water partition coefficient (Wildman–Crippen LogP) is 3.68. The molecule has 3 heteroatoms. The molecule has 0 unspecified atom stereocenters. The van der Waals surface area contributed by atoms with E-state index in [1.807, 2.05) is 18.3 Å². The summed E-state index contributed by atoms with van der Waals surface area (Å²) in [6, 6.07) is 3.19. The van der Waals surface area contributed by atoms with E-state index in [2.05, 4.69) is 47.8 Å². The molecule has 0 spiro atoms. The number of likely N-dealkylation sites (tertiary alicyclic amines) is 1. The molecule has 0 bridgehead atoms. The topological polar surface area (TPSA) is 21.1 Å². The molecule has 1 fully saturated rings. The molecule has 0 aliphatic carbocycles. The van der Waals surface area contributed by atoms with Crippen molar-refractivity contribution in [2.24, 2.45) is 0 Å². The van der Waals surface area contributed by atoms with Crippen molar-refractivity contribution in [3.8, 4) is 0 Å². The first kappa shape index (κ1) is 14.8. The van der Waals surface area contributed by atoms with Gasteiger partial charge < -0.3 is 4.90 Å². The van der Waals surface area contributed by atoms with Gasteiger partial charge in [0.1, 0.15) is 0 Å². The van der Waals surface area contributed by atoms with Crippen LogP contribution in [0, 0.1) is 0 Å². The summed E-state index contributed by atoms with van der Waals surface area (Å²) in [6.45, 7) is 14.5. The maximum atomic E-state index is 4.54. The van der Waals surface area contributed by atoms with Gasteiger partial charge in [-0.3, -0.25) is 4.68 Å². The van der Waals surface area contributed by atoms with E-state index in [0.29, 0.717) is 12.1 Å². The molecule has 1 aromatic heterocycles. The van der Waals surface area contributed by atoms with E-state index in [1.165, 1.54) is 0 Å². The van der Waals surface area contributed by atoms with E-state index in [-0.39, 0.29) is 0 Å². The van der Waals surface area contributed by atoms with Crippen molar-refractivity contribution >= 4 is 5.57 Å². The first-order valence-electron chi connectivity index (χ1n) is 7.40. The van der Waals surface area contributed by atoms with E-state index in [0.717, 1.165) is 37.2 Å². The van der Waals surface area contributed by atoms with Crippen LogP contribution in [0.4, 0.5) is 0 Å². The van der Waals surface area contributed by atoms with Crippen molar-refractivity contribution in [1.29, 1.82) is 0 Å². The molecule has 0 aromatic carbocycles. The normalized spacial score (nSPS) is 18.4. The zero-order chi connectivity index (χ0) is 14.5. The summed E-state index contributed by atoms with van der Waals surface area (Å²) < 4.78 is 2.16. The second-order valence-electron chi connectivity index (χ2n) is 5.58. The summed E-state index contributed by atoms with van der Waals surface area (Å²) in [7, 11) is 0. The second-order valence-corrected chi connectivity index (χ2v) is 5.58. The Morgan fingerprint density at radius 1 is 1.35 bits per heavy atom. The molecule has 0 amide bonds. The number of rotatable bonds is 5. The molecule has 0 radical (unpaired) electrons. The summed E-state index contributed by atoms with van der Waals surface area (Å²) in [5.74, 6) is 0. The van der Waals surface area contributed by atoms with Gasteiger partial charge in [-0.2, -0.15) is 5.10 Å². The fourth-order valence-corrected chi connectivity index (χ4v) is 2.87. The maximum Gasteiger partial charge on any atom is 0.0685 e. The lowest BCUT2D eigenvalue weighted by molar-refractivity contribution is 0.146. The van der Waals surface area contributed by atoms with Gasteiger partial charge in [-0.15, -0.1) is 0 Å². The predicted molar refractivity (Wildman–Crippen MR) is 85.6 cm³/mol. The summed E-state index contributed by atoms with van der Waals surface area (Å²) in [4.78, 5) is 2.54. The van der Waals surface area contributed by atoms with E-state index in [4.69, 9.17) is 0 Å². The monoisotopic (exact) mass is 271 g/mol. The average molecular weight is 271 g/mol. The average Bonchev–Trinajstić information content (AvgIpc) is 2.94. The van der Waals surface area contributed by atoms with Crippen LogP contribution >= 0.6 is 0 Å². The summed E-state index contributed by atoms with van der Waals surface area (Å²) in [5, 5.41) is 4.54. The lowest BCUT2D eigenvalue weighted by Crippen LogP contribution is -2.39. The van der Waals surface area contributed by atoms with Crippen molar-refractivity contribution in [2.45, 2.75) is 38.8 Å². The largest absolute Gasteiger partial charge is 0.301 e. The third kappa shape index (κ3) is 3.10. The summed E-state index contributed by atoms with van der Waals surface area (Å²) in [6.07, 6.45) is 9.86. The molecule has 1 aromatic rings. The molecule has 1 aliphatic heterocycles.